The Morgan fingerprint density at radius 2 is 1.42 bits per heavy atom. The predicted octanol–water partition coefficient (Wildman–Crippen LogP) is 1.81. The van der Waals surface area contributed by atoms with Gasteiger partial charge in [0.1, 0.15) is 5.75 Å². The first-order valence-electron chi connectivity index (χ1n) is 5.31. The van der Waals surface area contributed by atoms with Gasteiger partial charge in [-0.2, -0.15) is 18.8 Å². The monoisotopic (exact) mass is 274 g/mol. The minimum Gasteiger partial charge on any atom is -0.371 e. The zero-order chi connectivity index (χ0) is 13.9. The van der Waals surface area contributed by atoms with E-state index < -0.39 is 10.3 Å². The summed E-state index contributed by atoms with van der Waals surface area (Å²) >= 11 is 0. The minimum absolute atomic E-state index is 0.153. The van der Waals surface area contributed by atoms with Gasteiger partial charge in [0.05, 0.1) is 11.6 Å². The highest BCUT2D eigenvalue weighted by Crippen LogP contribution is 2.23. The molecule has 0 amide bonds. The van der Waals surface area contributed by atoms with Crippen LogP contribution in [0, 0.1) is 11.3 Å². The zero-order valence-corrected chi connectivity index (χ0v) is 10.6. The Morgan fingerprint density at radius 3 is 1.84 bits per heavy atom. The molecule has 2 N–H and O–H groups in total. The SMILES string of the molecule is N#Cc1ccc(-c2ccc(OS(N)(=O)=O)cc2)cc1. The molecule has 0 atom stereocenters. The van der Waals surface area contributed by atoms with Crippen LogP contribution in [0.25, 0.3) is 11.1 Å². The van der Waals surface area contributed by atoms with E-state index in [9.17, 15) is 8.42 Å². The Hall–Kier alpha value is -2.36. The van der Waals surface area contributed by atoms with Crippen molar-refractivity contribution in [2.75, 3.05) is 0 Å². The summed E-state index contributed by atoms with van der Waals surface area (Å²) in [7, 11) is -4.00. The molecule has 0 saturated heterocycles. The largest absolute Gasteiger partial charge is 0.380 e. The van der Waals surface area contributed by atoms with Crippen molar-refractivity contribution in [3.05, 3.63) is 54.1 Å². The molecule has 0 heterocycles. The molecule has 6 heteroatoms. The third kappa shape index (κ3) is 3.55. The molecule has 0 saturated carbocycles. The number of rotatable bonds is 3. The number of nitrogens with zero attached hydrogens (tertiary/aromatic N) is 1. The fourth-order valence-electron chi connectivity index (χ4n) is 1.57. The number of nitriles is 1. The van der Waals surface area contributed by atoms with E-state index in [1.165, 1.54) is 12.1 Å². The summed E-state index contributed by atoms with van der Waals surface area (Å²) in [6, 6.07) is 15.5. The average Bonchev–Trinajstić information content (AvgIpc) is 2.38. The topological polar surface area (TPSA) is 93.2 Å². The van der Waals surface area contributed by atoms with Gasteiger partial charge < -0.3 is 4.18 Å². The summed E-state index contributed by atoms with van der Waals surface area (Å²) < 4.78 is 26.0. The molecular formula is C13H10N2O3S. The van der Waals surface area contributed by atoms with Crippen LogP contribution in [0.4, 0.5) is 0 Å². The first-order chi connectivity index (χ1) is 8.98. The van der Waals surface area contributed by atoms with Crippen LogP contribution in [-0.4, -0.2) is 8.42 Å². The Morgan fingerprint density at radius 1 is 0.947 bits per heavy atom. The Labute approximate surface area is 111 Å². The van der Waals surface area contributed by atoms with E-state index in [1.54, 1.807) is 24.3 Å². The fourth-order valence-corrected chi connectivity index (χ4v) is 1.95. The average molecular weight is 274 g/mol. The van der Waals surface area contributed by atoms with Gasteiger partial charge in [-0.1, -0.05) is 24.3 Å². The first kappa shape index (κ1) is 13.1. The van der Waals surface area contributed by atoms with Crippen molar-refractivity contribution in [3.8, 4) is 22.9 Å². The predicted molar refractivity (Wildman–Crippen MR) is 70.3 cm³/mol. The van der Waals surface area contributed by atoms with Gasteiger partial charge in [0, 0.05) is 0 Å². The van der Waals surface area contributed by atoms with Gasteiger partial charge in [0.25, 0.3) is 0 Å². The molecular weight excluding hydrogens is 264 g/mol. The van der Waals surface area contributed by atoms with E-state index in [0.717, 1.165) is 11.1 Å². The normalized spacial score (nSPS) is 10.7. The van der Waals surface area contributed by atoms with Gasteiger partial charge in [-0.05, 0) is 35.4 Å². The van der Waals surface area contributed by atoms with Crippen molar-refractivity contribution in [3.63, 3.8) is 0 Å². The molecule has 0 spiro atoms. The number of benzene rings is 2. The quantitative estimate of drug-likeness (QED) is 0.923. The number of hydrogen-bond acceptors (Lipinski definition) is 4. The van der Waals surface area contributed by atoms with Crippen molar-refractivity contribution >= 4 is 10.3 Å². The second kappa shape index (κ2) is 5.10. The van der Waals surface area contributed by atoms with E-state index in [2.05, 4.69) is 4.18 Å². The summed E-state index contributed by atoms with van der Waals surface area (Å²) in [4.78, 5) is 0. The van der Waals surface area contributed by atoms with Gasteiger partial charge in [0.15, 0.2) is 0 Å². The summed E-state index contributed by atoms with van der Waals surface area (Å²) in [5.74, 6) is 0.153. The highest BCUT2D eigenvalue weighted by molar-refractivity contribution is 7.84. The van der Waals surface area contributed by atoms with Crippen LogP contribution in [0.15, 0.2) is 48.5 Å². The third-order valence-electron chi connectivity index (χ3n) is 2.41. The molecule has 0 aliphatic heterocycles. The standard InChI is InChI=1S/C13H10N2O3S/c14-9-10-1-3-11(4-2-10)12-5-7-13(8-6-12)18-19(15,16)17/h1-8H,(H2,15,16,17). The molecule has 0 aliphatic carbocycles. The van der Waals surface area contributed by atoms with Crippen LogP contribution in [0.3, 0.4) is 0 Å². The van der Waals surface area contributed by atoms with E-state index in [0.29, 0.717) is 5.56 Å². The van der Waals surface area contributed by atoms with Crippen LogP contribution < -0.4 is 9.32 Å². The van der Waals surface area contributed by atoms with Crippen LogP contribution in [-0.2, 0) is 10.3 Å². The fraction of sp³-hybridized carbons (Fsp3) is 0. The highest BCUT2D eigenvalue weighted by Gasteiger charge is 2.05. The molecule has 0 unspecified atom stereocenters. The van der Waals surface area contributed by atoms with Crippen molar-refractivity contribution < 1.29 is 12.6 Å². The van der Waals surface area contributed by atoms with Crippen LogP contribution in [0.2, 0.25) is 0 Å². The molecule has 2 aromatic carbocycles. The van der Waals surface area contributed by atoms with Gasteiger partial charge >= 0.3 is 10.3 Å². The van der Waals surface area contributed by atoms with Gasteiger partial charge in [-0.25, -0.2) is 0 Å². The second-order valence-corrected chi connectivity index (χ2v) is 4.94. The molecule has 0 aliphatic rings. The van der Waals surface area contributed by atoms with E-state index >= 15 is 0 Å². The first-order valence-corrected chi connectivity index (χ1v) is 6.78. The lowest BCUT2D eigenvalue weighted by molar-refractivity contribution is 0.488. The van der Waals surface area contributed by atoms with E-state index in [4.69, 9.17) is 10.4 Å². The lowest BCUT2D eigenvalue weighted by atomic mass is 10.0. The van der Waals surface area contributed by atoms with Crippen LogP contribution >= 0.6 is 0 Å². The highest BCUT2D eigenvalue weighted by atomic mass is 32.2. The number of hydrogen-bond donors (Lipinski definition) is 1. The van der Waals surface area contributed by atoms with Crippen LogP contribution in [0.1, 0.15) is 5.56 Å². The summed E-state index contributed by atoms with van der Waals surface area (Å²) in [5.41, 5.74) is 2.38. The lowest BCUT2D eigenvalue weighted by Crippen LogP contribution is -2.18. The van der Waals surface area contributed by atoms with Crippen molar-refractivity contribution in [1.29, 1.82) is 5.26 Å². The second-order valence-electron chi connectivity index (χ2n) is 3.79. The van der Waals surface area contributed by atoms with Crippen molar-refractivity contribution in [2.45, 2.75) is 0 Å². The molecule has 96 valence electrons. The van der Waals surface area contributed by atoms with Crippen molar-refractivity contribution in [1.82, 2.24) is 0 Å². The summed E-state index contributed by atoms with van der Waals surface area (Å²) in [6.07, 6.45) is 0. The summed E-state index contributed by atoms with van der Waals surface area (Å²) in [5, 5.41) is 13.5. The Balaban J connectivity index is 2.25. The van der Waals surface area contributed by atoms with Crippen molar-refractivity contribution in [2.24, 2.45) is 5.14 Å². The third-order valence-corrected chi connectivity index (χ3v) is 2.84. The van der Waals surface area contributed by atoms with Crippen LogP contribution in [0.5, 0.6) is 5.75 Å². The molecule has 2 aromatic rings. The van der Waals surface area contributed by atoms with Gasteiger partial charge in [0.2, 0.25) is 0 Å². The minimum atomic E-state index is -4.00. The molecule has 0 radical (unpaired) electrons. The maximum Gasteiger partial charge on any atom is 0.380 e. The maximum absolute atomic E-state index is 10.8. The maximum atomic E-state index is 10.8. The molecule has 19 heavy (non-hydrogen) atoms. The van der Waals surface area contributed by atoms with E-state index in [1.807, 2.05) is 18.2 Å². The smallest absolute Gasteiger partial charge is 0.371 e. The van der Waals surface area contributed by atoms with Gasteiger partial charge in [-0.15, -0.1) is 0 Å². The Bertz CT molecular complexity index is 714. The zero-order valence-electron chi connectivity index (χ0n) is 9.78. The van der Waals surface area contributed by atoms with E-state index in [-0.39, 0.29) is 5.75 Å². The molecule has 2 rings (SSSR count). The molecule has 0 aromatic heterocycles. The van der Waals surface area contributed by atoms with Gasteiger partial charge in [-0.3, -0.25) is 0 Å². The summed E-state index contributed by atoms with van der Waals surface area (Å²) in [6.45, 7) is 0. The molecule has 5 nitrogen and oxygen atoms in total. The number of nitrogens with two attached hydrogens (primary N) is 1. The lowest BCUT2D eigenvalue weighted by Gasteiger charge is -2.04. The molecule has 0 fully saturated rings. The molecule has 0 bridgehead atoms. The Kier molecular flexibility index (Phi) is 3.51.